The van der Waals surface area contributed by atoms with Crippen molar-refractivity contribution in [1.82, 2.24) is 9.80 Å². The number of likely N-dealkylation sites (tertiary alicyclic amines) is 1. The number of fused-ring (bicyclic) bond motifs is 1. The van der Waals surface area contributed by atoms with Crippen molar-refractivity contribution < 1.29 is 29.0 Å². The first-order valence-electron chi connectivity index (χ1n) is 15.7. The van der Waals surface area contributed by atoms with Crippen LogP contribution in [-0.2, 0) is 23.9 Å². The first-order chi connectivity index (χ1) is 19.8. The van der Waals surface area contributed by atoms with Crippen molar-refractivity contribution in [3.05, 3.63) is 25.3 Å². The number of alkyl halides is 1. The summed E-state index contributed by atoms with van der Waals surface area (Å²) in [5.41, 5.74) is -1.66. The maximum absolute atomic E-state index is 14.8. The largest absolute Gasteiger partial charge is 0.465 e. The topological polar surface area (TPSA) is 96.4 Å². The summed E-state index contributed by atoms with van der Waals surface area (Å²) in [6.07, 6.45) is 9.79. The Morgan fingerprint density at radius 1 is 1.12 bits per heavy atom. The van der Waals surface area contributed by atoms with Gasteiger partial charge in [-0.15, -0.1) is 13.2 Å². The molecule has 3 rings (SSSR count). The number of aliphatic hydroxyl groups excluding tert-OH is 1. The van der Waals surface area contributed by atoms with E-state index in [1.54, 1.807) is 11.0 Å². The fourth-order valence-electron chi connectivity index (χ4n) is 7.63. The third-order valence-electron chi connectivity index (χ3n) is 8.92. The van der Waals surface area contributed by atoms with E-state index < -0.39 is 41.1 Å². The Bertz CT molecular complexity index is 994. The van der Waals surface area contributed by atoms with Gasteiger partial charge in [-0.05, 0) is 64.2 Å². The van der Waals surface area contributed by atoms with E-state index >= 15 is 0 Å². The summed E-state index contributed by atoms with van der Waals surface area (Å²) in [4.78, 5) is 45.9. The molecule has 9 heteroatoms. The van der Waals surface area contributed by atoms with Gasteiger partial charge in [0, 0.05) is 30.1 Å². The number of ether oxygens (including phenoxy) is 2. The Morgan fingerprint density at radius 2 is 1.81 bits per heavy atom. The van der Waals surface area contributed by atoms with E-state index in [1.165, 1.54) is 0 Å². The first kappa shape index (κ1) is 34.8. The molecule has 2 amide bonds. The second-order valence-corrected chi connectivity index (χ2v) is 15.2. The molecule has 0 aromatic carbocycles. The van der Waals surface area contributed by atoms with Crippen LogP contribution in [0, 0.1) is 17.3 Å². The molecule has 3 unspecified atom stereocenters. The average Bonchev–Trinajstić information content (AvgIpc) is 3.48. The molecule has 3 saturated heterocycles. The van der Waals surface area contributed by atoms with Gasteiger partial charge in [0.15, 0.2) is 0 Å². The third-order valence-corrected chi connectivity index (χ3v) is 9.77. The number of aliphatic hydroxyl groups is 1. The molecule has 0 aromatic heterocycles. The number of halogens is 1. The van der Waals surface area contributed by atoms with Gasteiger partial charge in [0.25, 0.3) is 0 Å². The molecule has 6 atom stereocenters. The number of nitrogens with zero attached hydrogens (tertiary/aromatic N) is 2. The van der Waals surface area contributed by atoms with Gasteiger partial charge < -0.3 is 24.4 Å². The van der Waals surface area contributed by atoms with Crippen LogP contribution in [0.25, 0.3) is 0 Å². The Kier molecular flexibility index (Phi) is 11.9. The summed E-state index contributed by atoms with van der Waals surface area (Å²) in [7, 11) is 0. The highest BCUT2D eigenvalue weighted by atomic mass is 79.9. The summed E-state index contributed by atoms with van der Waals surface area (Å²) in [6, 6.07) is -0.845. The Balaban J connectivity index is 1.97. The highest BCUT2D eigenvalue weighted by Crippen LogP contribution is 2.60. The number of hydrogen-bond acceptors (Lipinski definition) is 6. The van der Waals surface area contributed by atoms with Crippen LogP contribution in [0.5, 0.6) is 0 Å². The highest BCUT2D eigenvalue weighted by molar-refractivity contribution is 9.09. The Labute approximate surface area is 261 Å². The van der Waals surface area contributed by atoms with Crippen molar-refractivity contribution in [3.8, 4) is 0 Å². The van der Waals surface area contributed by atoms with Crippen LogP contribution in [0.4, 0.5) is 0 Å². The molecule has 238 valence electrons. The van der Waals surface area contributed by atoms with Gasteiger partial charge in [0.2, 0.25) is 11.8 Å². The molecule has 0 aliphatic carbocycles. The molecule has 3 aliphatic heterocycles. The number of amides is 2. The number of unbranched alkanes of at least 4 members (excludes halogenated alkanes) is 5. The van der Waals surface area contributed by atoms with Crippen molar-refractivity contribution in [3.63, 3.8) is 0 Å². The molecule has 3 aliphatic rings. The van der Waals surface area contributed by atoms with Crippen molar-refractivity contribution in [1.29, 1.82) is 0 Å². The molecule has 0 aromatic rings. The van der Waals surface area contributed by atoms with Crippen molar-refractivity contribution >= 4 is 33.7 Å². The summed E-state index contributed by atoms with van der Waals surface area (Å²) in [6.45, 7) is 19.4. The standard InChI is InChI=1S/C33H53BrN2O6/c1-8-10-11-16-20-41-30(40)24-25-28(38)35(18-14-12-13-15-19-37)27(33(25)21-23(34)26(24)42-33)29(39)36(17-9-2)32(6,7)22-31(3,4)5/h8-9,23-27,37H,1-2,10-22H2,3-7H3/t23?,24-,25-,26-,27?,33?/m0/s1. The predicted octanol–water partition coefficient (Wildman–Crippen LogP) is 5.42. The number of rotatable bonds is 17. The van der Waals surface area contributed by atoms with Crippen molar-refractivity contribution in [2.45, 2.75) is 121 Å². The second-order valence-electron chi connectivity index (χ2n) is 14.1. The van der Waals surface area contributed by atoms with Crippen LogP contribution >= 0.6 is 15.9 Å². The number of esters is 1. The summed E-state index contributed by atoms with van der Waals surface area (Å²) in [5.74, 6) is -2.30. The summed E-state index contributed by atoms with van der Waals surface area (Å²) in [5, 5.41) is 9.20. The maximum atomic E-state index is 14.8. The molecular formula is C33H53BrN2O6. The minimum absolute atomic E-state index is 0.0360. The number of carbonyl (C=O) groups excluding carboxylic acids is 3. The molecule has 8 nitrogen and oxygen atoms in total. The van der Waals surface area contributed by atoms with Gasteiger partial charge in [-0.2, -0.15) is 0 Å². The fourth-order valence-corrected chi connectivity index (χ4v) is 8.57. The lowest BCUT2D eigenvalue weighted by Gasteiger charge is -2.45. The summed E-state index contributed by atoms with van der Waals surface area (Å²) < 4.78 is 12.4. The Morgan fingerprint density at radius 3 is 2.43 bits per heavy atom. The van der Waals surface area contributed by atoms with Gasteiger partial charge in [0.05, 0.1) is 24.5 Å². The smallest absolute Gasteiger partial charge is 0.312 e. The van der Waals surface area contributed by atoms with Gasteiger partial charge in [-0.1, -0.05) is 61.7 Å². The van der Waals surface area contributed by atoms with Crippen LogP contribution < -0.4 is 0 Å². The number of hydrogen-bond donors (Lipinski definition) is 1. The number of allylic oxidation sites excluding steroid dienone is 1. The quantitative estimate of drug-likeness (QED) is 0.0976. The maximum Gasteiger partial charge on any atom is 0.312 e. The van der Waals surface area contributed by atoms with E-state index in [1.807, 2.05) is 11.0 Å². The van der Waals surface area contributed by atoms with Crippen LogP contribution in [0.1, 0.15) is 92.4 Å². The van der Waals surface area contributed by atoms with Crippen LogP contribution in [0.2, 0.25) is 0 Å². The van der Waals surface area contributed by atoms with Gasteiger partial charge in [-0.25, -0.2) is 0 Å². The van der Waals surface area contributed by atoms with E-state index in [-0.39, 0.29) is 35.3 Å². The highest BCUT2D eigenvalue weighted by Gasteiger charge is 2.77. The van der Waals surface area contributed by atoms with E-state index in [9.17, 15) is 19.5 Å². The lowest BCUT2D eigenvalue weighted by atomic mass is 9.70. The average molecular weight is 654 g/mol. The van der Waals surface area contributed by atoms with E-state index in [4.69, 9.17) is 9.47 Å². The Hall–Kier alpha value is -1.71. The SMILES string of the molecule is C=CCCCCOC(=O)[C@H]1[C@H]2C(=O)N(CCCCCCO)C(C(=O)N(CC=C)C(C)(C)CC(C)(C)C)C23CC(Br)[C@@H]1O3. The molecule has 2 bridgehead atoms. The minimum Gasteiger partial charge on any atom is -0.465 e. The minimum atomic E-state index is -1.11. The molecular weight excluding hydrogens is 600 g/mol. The lowest BCUT2D eigenvalue weighted by Crippen LogP contribution is -2.61. The first-order valence-corrected chi connectivity index (χ1v) is 16.6. The van der Waals surface area contributed by atoms with Crippen LogP contribution in [0.15, 0.2) is 25.3 Å². The van der Waals surface area contributed by atoms with Gasteiger partial charge in [0.1, 0.15) is 11.6 Å². The second kappa shape index (κ2) is 14.4. The van der Waals surface area contributed by atoms with Gasteiger partial charge in [-0.3, -0.25) is 14.4 Å². The molecule has 1 spiro atoms. The van der Waals surface area contributed by atoms with E-state index in [0.29, 0.717) is 32.4 Å². The lowest BCUT2D eigenvalue weighted by molar-refractivity contribution is -0.156. The van der Waals surface area contributed by atoms with Crippen LogP contribution in [-0.4, -0.2) is 87.1 Å². The normalized spacial score (nSPS) is 28.6. The number of carbonyl (C=O) groups is 3. The van der Waals surface area contributed by atoms with Crippen LogP contribution in [0.3, 0.4) is 0 Å². The fraction of sp³-hybridized carbons (Fsp3) is 0.788. The van der Waals surface area contributed by atoms with Gasteiger partial charge >= 0.3 is 5.97 Å². The zero-order valence-electron chi connectivity index (χ0n) is 26.4. The summed E-state index contributed by atoms with van der Waals surface area (Å²) >= 11 is 3.74. The predicted molar refractivity (Wildman–Crippen MR) is 168 cm³/mol. The molecule has 0 radical (unpaired) electrons. The molecule has 0 saturated carbocycles. The molecule has 1 N–H and O–H groups in total. The molecule has 42 heavy (non-hydrogen) atoms. The molecule has 3 fully saturated rings. The van der Waals surface area contributed by atoms with E-state index in [0.717, 1.165) is 38.5 Å². The zero-order valence-corrected chi connectivity index (χ0v) is 28.0. The third kappa shape index (κ3) is 7.32. The van der Waals surface area contributed by atoms with Crippen molar-refractivity contribution in [2.75, 3.05) is 26.3 Å². The monoisotopic (exact) mass is 652 g/mol. The molecule has 3 heterocycles. The van der Waals surface area contributed by atoms with E-state index in [2.05, 4.69) is 63.7 Å². The zero-order chi connectivity index (χ0) is 31.3. The van der Waals surface area contributed by atoms with Crippen molar-refractivity contribution in [2.24, 2.45) is 17.3 Å².